The first-order valence-corrected chi connectivity index (χ1v) is 7.22. The Morgan fingerprint density at radius 2 is 2.29 bits per heavy atom. The number of hydrogen-bond acceptors (Lipinski definition) is 4. The van der Waals surface area contributed by atoms with Crippen LogP contribution in [0.3, 0.4) is 0 Å². The first-order valence-electron chi connectivity index (χ1n) is 7.22. The minimum Gasteiger partial charge on any atom is -0.449 e. The number of nitrogens with zero attached hydrogens (tertiary/aromatic N) is 1. The fourth-order valence-corrected chi connectivity index (χ4v) is 3.31. The van der Waals surface area contributed by atoms with Crippen molar-refractivity contribution in [3.05, 3.63) is 23.4 Å². The number of carbonyl (C=O) groups excluding carboxylic acids is 3. The molecule has 112 valence electrons. The average Bonchev–Trinajstić information content (AvgIpc) is 2.77. The zero-order chi connectivity index (χ0) is 15.0. The number of hydrogen-bond donors (Lipinski definition) is 1. The summed E-state index contributed by atoms with van der Waals surface area (Å²) in [4.78, 5) is 36.8. The van der Waals surface area contributed by atoms with Crippen molar-refractivity contribution in [2.24, 2.45) is 5.41 Å². The van der Waals surface area contributed by atoms with E-state index in [0.717, 1.165) is 5.57 Å². The predicted molar refractivity (Wildman–Crippen MR) is 74.2 cm³/mol. The van der Waals surface area contributed by atoms with Gasteiger partial charge < -0.3 is 10.1 Å². The molecule has 1 atom stereocenters. The fraction of sp³-hybridized carbons (Fsp3) is 0.533. The molecule has 0 aromatic carbocycles. The Kier molecular flexibility index (Phi) is 3.31. The lowest BCUT2D eigenvalue weighted by molar-refractivity contribution is -0.123. The maximum atomic E-state index is 12.1. The van der Waals surface area contributed by atoms with Gasteiger partial charge in [-0.2, -0.15) is 0 Å². The highest BCUT2D eigenvalue weighted by atomic mass is 16.6. The lowest BCUT2D eigenvalue weighted by Gasteiger charge is -2.34. The van der Waals surface area contributed by atoms with Crippen LogP contribution in [0.1, 0.15) is 26.2 Å². The summed E-state index contributed by atoms with van der Waals surface area (Å²) in [5.74, 6) is 0.0215. The molecule has 3 aliphatic rings. The van der Waals surface area contributed by atoms with Gasteiger partial charge in [-0.15, -0.1) is 0 Å². The fourth-order valence-electron chi connectivity index (χ4n) is 3.31. The highest BCUT2D eigenvalue weighted by Gasteiger charge is 2.50. The number of ketones is 1. The summed E-state index contributed by atoms with van der Waals surface area (Å²) >= 11 is 0. The largest absolute Gasteiger partial charge is 0.449 e. The molecule has 0 saturated carbocycles. The summed E-state index contributed by atoms with van der Waals surface area (Å²) < 4.78 is 5.09. The number of carbonyl (C=O) groups is 3. The van der Waals surface area contributed by atoms with Crippen molar-refractivity contribution in [3.63, 3.8) is 0 Å². The van der Waals surface area contributed by atoms with Gasteiger partial charge in [0.2, 0.25) is 5.91 Å². The molecule has 6 nitrogen and oxygen atoms in total. The second-order valence-electron chi connectivity index (χ2n) is 5.66. The third-order valence-electron chi connectivity index (χ3n) is 4.35. The van der Waals surface area contributed by atoms with Gasteiger partial charge in [0.25, 0.3) is 0 Å². The molecule has 21 heavy (non-hydrogen) atoms. The molecule has 0 radical (unpaired) electrons. The second-order valence-corrected chi connectivity index (χ2v) is 5.66. The van der Waals surface area contributed by atoms with E-state index < -0.39 is 6.09 Å². The lowest BCUT2D eigenvalue weighted by atomic mass is 9.74. The number of likely N-dealkylation sites (tertiary alicyclic amines) is 1. The number of fused-ring (bicyclic) bond motifs is 2. The zero-order valence-electron chi connectivity index (χ0n) is 12.0. The number of nitrogens with one attached hydrogen (secondary N) is 1. The first-order chi connectivity index (χ1) is 10.1. The normalized spacial score (nSPS) is 28.0. The van der Waals surface area contributed by atoms with Gasteiger partial charge in [-0.1, -0.05) is 6.08 Å². The summed E-state index contributed by atoms with van der Waals surface area (Å²) in [6, 6.07) is 0. The second kappa shape index (κ2) is 5.02. The maximum absolute atomic E-state index is 12.1. The average molecular weight is 290 g/mol. The van der Waals surface area contributed by atoms with E-state index in [4.69, 9.17) is 4.74 Å². The van der Waals surface area contributed by atoms with Crippen molar-refractivity contribution >= 4 is 17.8 Å². The summed E-state index contributed by atoms with van der Waals surface area (Å²) in [7, 11) is 0. The number of amides is 2. The Balaban J connectivity index is 1.95. The first kappa shape index (κ1) is 13.9. The van der Waals surface area contributed by atoms with E-state index in [0.29, 0.717) is 44.7 Å². The zero-order valence-corrected chi connectivity index (χ0v) is 12.0. The molecule has 0 aromatic rings. The highest BCUT2D eigenvalue weighted by Crippen LogP contribution is 2.48. The van der Waals surface area contributed by atoms with Crippen molar-refractivity contribution in [1.82, 2.24) is 10.2 Å². The predicted octanol–water partition coefficient (Wildman–Crippen LogP) is 1.14. The molecule has 2 amide bonds. The highest BCUT2D eigenvalue weighted by molar-refractivity contribution is 5.95. The van der Waals surface area contributed by atoms with Crippen LogP contribution in [0.2, 0.25) is 0 Å². The molecule has 2 fully saturated rings. The minimum atomic E-state index is -0.432. The summed E-state index contributed by atoms with van der Waals surface area (Å²) in [6.45, 7) is 3.00. The van der Waals surface area contributed by atoms with Crippen molar-refractivity contribution < 1.29 is 19.1 Å². The molecule has 1 unspecified atom stereocenters. The van der Waals surface area contributed by atoms with Crippen LogP contribution in [-0.2, 0) is 14.3 Å². The van der Waals surface area contributed by atoms with E-state index in [1.165, 1.54) is 11.0 Å². The van der Waals surface area contributed by atoms with Crippen LogP contribution in [-0.4, -0.2) is 42.4 Å². The smallest absolute Gasteiger partial charge is 0.414 e. The van der Waals surface area contributed by atoms with Crippen LogP contribution in [0, 0.1) is 5.41 Å². The topological polar surface area (TPSA) is 75.7 Å². The van der Waals surface area contributed by atoms with Gasteiger partial charge in [0, 0.05) is 37.4 Å². The minimum absolute atomic E-state index is 0.0139. The molecule has 6 heteroatoms. The number of ether oxygens (including phenoxy) is 1. The van der Waals surface area contributed by atoms with Crippen molar-refractivity contribution in [3.8, 4) is 0 Å². The van der Waals surface area contributed by atoms with Gasteiger partial charge in [0.05, 0.1) is 12.3 Å². The third kappa shape index (κ3) is 2.24. The molecule has 2 heterocycles. The number of rotatable bonds is 1. The van der Waals surface area contributed by atoms with Gasteiger partial charge in [-0.25, -0.2) is 4.79 Å². The van der Waals surface area contributed by atoms with Crippen LogP contribution in [0.25, 0.3) is 0 Å². The Hall–Kier alpha value is -2.11. The Bertz CT molecular complexity index is 566. The van der Waals surface area contributed by atoms with Crippen LogP contribution in [0.4, 0.5) is 4.79 Å². The molecule has 3 rings (SSSR count). The third-order valence-corrected chi connectivity index (χ3v) is 4.35. The van der Waals surface area contributed by atoms with Crippen LogP contribution in [0.15, 0.2) is 23.4 Å². The van der Waals surface area contributed by atoms with Crippen LogP contribution in [0.5, 0.6) is 0 Å². The van der Waals surface area contributed by atoms with E-state index in [1.807, 2.05) is 6.08 Å². The molecule has 0 bridgehead atoms. The Morgan fingerprint density at radius 3 is 2.95 bits per heavy atom. The summed E-state index contributed by atoms with van der Waals surface area (Å²) in [5.41, 5.74) is 1.35. The lowest BCUT2D eigenvalue weighted by Crippen LogP contribution is -2.46. The van der Waals surface area contributed by atoms with E-state index in [2.05, 4.69) is 5.32 Å². The van der Waals surface area contributed by atoms with Crippen LogP contribution < -0.4 is 5.32 Å². The Morgan fingerprint density at radius 1 is 1.48 bits per heavy atom. The number of allylic oxidation sites excluding steroid dienone is 3. The van der Waals surface area contributed by atoms with Crippen LogP contribution >= 0.6 is 0 Å². The quantitative estimate of drug-likeness (QED) is 0.785. The van der Waals surface area contributed by atoms with Gasteiger partial charge in [0.1, 0.15) is 0 Å². The molecule has 1 aliphatic carbocycles. The summed E-state index contributed by atoms with van der Waals surface area (Å²) in [6.07, 6.45) is 4.47. The molecular formula is C15H18N2O4. The number of piperidine rings is 1. The van der Waals surface area contributed by atoms with Crippen molar-refractivity contribution in [1.29, 1.82) is 0 Å². The van der Waals surface area contributed by atoms with Gasteiger partial charge in [-0.3, -0.25) is 14.5 Å². The van der Waals surface area contributed by atoms with Crippen molar-refractivity contribution in [2.45, 2.75) is 26.2 Å². The molecular weight excluding hydrogens is 272 g/mol. The molecule has 2 saturated heterocycles. The Labute approximate surface area is 122 Å². The van der Waals surface area contributed by atoms with E-state index in [1.54, 1.807) is 6.92 Å². The van der Waals surface area contributed by atoms with E-state index in [-0.39, 0.29) is 17.1 Å². The molecule has 2 aliphatic heterocycles. The molecule has 1 N–H and O–H groups in total. The monoisotopic (exact) mass is 290 g/mol. The SMILES string of the molecule is CCOC(=O)N1CC2(CCC(=O)NC2)C2=CCC(=O)C=C21. The van der Waals surface area contributed by atoms with Crippen molar-refractivity contribution in [2.75, 3.05) is 19.7 Å². The van der Waals surface area contributed by atoms with Gasteiger partial charge in [0.15, 0.2) is 5.78 Å². The van der Waals surface area contributed by atoms with E-state index in [9.17, 15) is 14.4 Å². The summed E-state index contributed by atoms with van der Waals surface area (Å²) in [5, 5.41) is 2.88. The van der Waals surface area contributed by atoms with Gasteiger partial charge >= 0.3 is 6.09 Å². The molecule has 0 aromatic heterocycles. The molecule has 1 spiro atoms. The van der Waals surface area contributed by atoms with E-state index >= 15 is 0 Å². The maximum Gasteiger partial charge on any atom is 0.414 e. The van der Waals surface area contributed by atoms with Gasteiger partial charge in [-0.05, 0) is 18.9 Å². The standard InChI is InChI=1S/C15H18N2O4/c1-2-21-14(20)17-9-15(6-5-13(19)16-8-15)11-4-3-10(18)7-12(11)17/h4,7H,2-3,5-6,8-9H2,1H3,(H,16,19).